The van der Waals surface area contributed by atoms with Crippen LogP contribution < -0.4 is 16.0 Å². The highest BCUT2D eigenvalue weighted by Crippen LogP contribution is 2.26. The Labute approximate surface area is 206 Å². The maximum atomic E-state index is 6.43. The van der Waals surface area contributed by atoms with E-state index < -0.39 is 0 Å². The van der Waals surface area contributed by atoms with Gasteiger partial charge in [0, 0.05) is 51.2 Å². The lowest BCUT2D eigenvalue weighted by atomic mass is 9.91. The zero-order valence-corrected chi connectivity index (χ0v) is 20.9. The Hall–Kier alpha value is -2.07. The lowest BCUT2D eigenvalue weighted by Crippen LogP contribution is -2.43. The van der Waals surface area contributed by atoms with Crippen LogP contribution in [0.2, 0.25) is 5.02 Å². The monoisotopic (exact) mass is 489 g/mol. The molecule has 0 amide bonds. The standard InChI is InChI=1S/C24H36ClN7O2/c1-16(15-33-2)29-18-3-5-19(6-4-18)30-24-28-14-20(25)22(32-24)23-26-10-7-21(31-23)27-13-17-8-11-34-12-9-17/h7,10,14,16-19,29H,3-6,8-9,11-13,15H2,1-2H3,(H,26,27,31)(H,28,30,32). The maximum Gasteiger partial charge on any atom is 0.223 e. The molecule has 1 saturated carbocycles. The van der Waals surface area contributed by atoms with E-state index in [1.165, 1.54) is 0 Å². The van der Waals surface area contributed by atoms with Crippen molar-refractivity contribution in [3.05, 3.63) is 23.5 Å². The SMILES string of the molecule is COCC(C)NC1CCC(Nc2ncc(Cl)c(-c3nccc(NCC4CCOCC4)n3)n2)CC1. The van der Waals surface area contributed by atoms with Crippen LogP contribution >= 0.6 is 11.6 Å². The number of halogens is 1. The molecule has 10 heteroatoms. The first kappa shape index (κ1) is 25.0. The van der Waals surface area contributed by atoms with Crippen molar-refractivity contribution in [2.75, 3.05) is 44.1 Å². The number of nitrogens with zero attached hydrogens (tertiary/aromatic N) is 4. The van der Waals surface area contributed by atoms with Crippen molar-refractivity contribution in [1.82, 2.24) is 25.3 Å². The molecule has 9 nitrogen and oxygen atoms in total. The van der Waals surface area contributed by atoms with Gasteiger partial charge in [-0.3, -0.25) is 0 Å². The third kappa shape index (κ3) is 7.21. The molecule has 0 bridgehead atoms. The van der Waals surface area contributed by atoms with Crippen molar-refractivity contribution < 1.29 is 9.47 Å². The normalized spacial score (nSPS) is 22.3. The second-order valence-electron chi connectivity index (χ2n) is 9.31. The lowest BCUT2D eigenvalue weighted by molar-refractivity contribution is 0.0699. The van der Waals surface area contributed by atoms with E-state index in [1.807, 2.05) is 6.07 Å². The molecule has 34 heavy (non-hydrogen) atoms. The van der Waals surface area contributed by atoms with Gasteiger partial charge in [-0.15, -0.1) is 0 Å². The topological polar surface area (TPSA) is 106 Å². The Morgan fingerprint density at radius 1 is 1.09 bits per heavy atom. The Morgan fingerprint density at radius 3 is 2.62 bits per heavy atom. The van der Waals surface area contributed by atoms with Gasteiger partial charge in [-0.1, -0.05) is 11.6 Å². The second kappa shape index (κ2) is 12.6. The number of hydrogen-bond donors (Lipinski definition) is 3. The van der Waals surface area contributed by atoms with E-state index in [0.717, 1.165) is 70.7 Å². The molecule has 2 fully saturated rings. The molecule has 0 radical (unpaired) electrons. The Morgan fingerprint density at radius 2 is 1.85 bits per heavy atom. The minimum atomic E-state index is 0.332. The van der Waals surface area contributed by atoms with Gasteiger partial charge in [0.2, 0.25) is 5.95 Å². The quantitative estimate of drug-likeness (QED) is 0.459. The summed E-state index contributed by atoms with van der Waals surface area (Å²) in [5, 5.41) is 11.0. The third-order valence-corrected chi connectivity index (χ3v) is 6.80. The molecule has 1 unspecified atom stereocenters. The predicted molar refractivity (Wildman–Crippen MR) is 134 cm³/mol. The molecule has 3 heterocycles. The molecule has 0 aromatic carbocycles. The molecule has 1 atom stereocenters. The highest BCUT2D eigenvalue weighted by Gasteiger charge is 2.23. The van der Waals surface area contributed by atoms with E-state index in [2.05, 4.69) is 42.8 Å². The molecule has 2 aromatic rings. The van der Waals surface area contributed by atoms with Gasteiger partial charge >= 0.3 is 0 Å². The van der Waals surface area contributed by atoms with Crippen molar-refractivity contribution in [1.29, 1.82) is 0 Å². The molecule has 1 aliphatic heterocycles. The number of nitrogens with one attached hydrogen (secondary N) is 3. The summed E-state index contributed by atoms with van der Waals surface area (Å²) in [6.07, 6.45) is 9.83. The number of hydrogen-bond acceptors (Lipinski definition) is 9. The zero-order valence-electron chi connectivity index (χ0n) is 20.1. The molecule has 2 aromatic heterocycles. The molecule has 2 aliphatic rings. The Bertz CT molecular complexity index is 905. The summed E-state index contributed by atoms with van der Waals surface area (Å²) in [6.45, 7) is 5.42. The van der Waals surface area contributed by atoms with Crippen molar-refractivity contribution in [3.8, 4) is 11.5 Å². The lowest BCUT2D eigenvalue weighted by Gasteiger charge is -2.31. The van der Waals surface area contributed by atoms with Crippen LogP contribution in [0.1, 0.15) is 45.4 Å². The first-order valence-electron chi connectivity index (χ1n) is 12.3. The van der Waals surface area contributed by atoms with E-state index in [0.29, 0.717) is 46.5 Å². The molecular weight excluding hydrogens is 454 g/mol. The van der Waals surface area contributed by atoms with Crippen LogP contribution in [0.15, 0.2) is 18.5 Å². The predicted octanol–water partition coefficient (Wildman–Crippen LogP) is 3.77. The summed E-state index contributed by atoms with van der Waals surface area (Å²) < 4.78 is 10.7. The van der Waals surface area contributed by atoms with Crippen LogP contribution in [0.3, 0.4) is 0 Å². The second-order valence-corrected chi connectivity index (χ2v) is 9.72. The zero-order chi connectivity index (χ0) is 23.8. The smallest absolute Gasteiger partial charge is 0.223 e. The van der Waals surface area contributed by atoms with E-state index in [-0.39, 0.29) is 0 Å². The summed E-state index contributed by atoms with van der Waals surface area (Å²) in [7, 11) is 1.74. The molecule has 0 spiro atoms. The molecule has 1 saturated heterocycles. The minimum absolute atomic E-state index is 0.332. The number of rotatable bonds is 10. The van der Waals surface area contributed by atoms with E-state index in [9.17, 15) is 0 Å². The molecular formula is C24H36ClN7O2. The number of aromatic nitrogens is 4. The third-order valence-electron chi connectivity index (χ3n) is 6.52. The van der Waals surface area contributed by atoms with Crippen LogP contribution in [0, 0.1) is 5.92 Å². The highest BCUT2D eigenvalue weighted by atomic mass is 35.5. The summed E-state index contributed by atoms with van der Waals surface area (Å²) >= 11 is 6.43. The van der Waals surface area contributed by atoms with Gasteiger partial charge in [0.1, 0.15) is 11.5 Å². The average molecular weight is 490 g/mol. The Kier molecular flexibility index (Phi) is 9.26. The molecule has 186 valence electrons. The van der Waals surface area contributed by atoms with Gasteiger partial charge in [0.05, 0.1) is 17.8 Å². The van der Waals surface area contributed by atoms with Gasteiger partial charge in [-0.2, -0.15) is 0 Å². The van der Waals surface area contributed by atoms with Crippen LogP contribution in [-0.4, -0.2) is 71.5 Å². The molecule has 3 N–H and O–H groups in total. The van der Waals surface area contributed by atoms with Crippen molar-refractivity contribution in [3.63, 3.8) is 0 Å². The van der Waals surface area contributed by atoms with Gasteiger partial charge in [0.25, 0.3) is 0 Å². The summed E-state index contributed by atoms with van der Waals surface area (Å²) in [4.78, 5) is 18.1. The molecule has 1 aliphatic carbocycles. The van der Waals surface area contributed by atoms with Gasteiger partial charge in [-0.05, 0) is 57.4 Å². The van der Waals surface area contributed by atoms with Crippen LogP contribution in [0.4, 0.5) is 11.8 Å². The minimum Gasteiger partial charge on any atom is -0.383 e. The van der Waals surface area contributed by atoms with Gasteiger partial charge < -0.3 is 25.4 Å². The van der Waals surface area contributed by atoms with Gasteiger partial charge in [0.15, 0.2) is 5.82 Å². The van der Waals surface area contributed by atoms with E-state index in [4.69, 9.17) is 21.1 Å². The Balaban J connectivity index is 1.34. The number of anilines is 2. The molecule has 4 rings (SSSR count). The van der Waals surface area contributed by atoms with Crippen LogP contribution in [0.25, 0.3) is 11.5 Å². The van der Waals surface area contributed by atoms with Crippen molar-refractivity contribution in [2.24, 2.45) is 5.92 Å². The fraction of sp³-hybridized carbons (Fsp3) is 0.667. The summed E-state index contributed by atoms with van der Waals surface area (Å²) in [5.74, 6) is 2.42. The van der Waals surface area contributed by atoms with Crippen LogP contribution in [0.5, 0.6) is 0 Å². The van der Waals surface area contributed by atoms with E-state index >= 15 is 0 Å². The fourth-order valence-electron chi connectivity index (χ4n) is 4.65. The van der Waals surface area contributed by atoms with Crippen molar-refractivity contribution >= 4 is 23.4 Å². The number of ether oxygens (including phenoxy) is 2. The van der Waals surface area contributed by atoms with E-state index in [1.54, 1.807) is 19.5 Å². The van der Waals surface area contributed by atoms with Crippen molar-refractivity contribution in [2.45, 2.75) is 63.6 Å². The first-order valence-corrected chi connectivity index (χ1v) is 12.7. The number of methoxy groups -OCH3 is 1. The summed E-state index contributed by atoms with van der Waals surface area (Å²) in [5.41, 5.74) is 0.539. The first-order chi connectivity index (χ1) is 16.6. The van der Waals surface area contributed by atoms with Crippen LogP contribution in [-0.2, 0) is 9.47 Å². The average Bonchev–Trinajstić information content (AvgIpc) is 2.86. The largest absolute Gasteiger partial charge is 0.383 e. The summed E-state index contributed by atoms with van der Waals surface area (Å²) in [6, 6.07) is 3.09. The van der Waals surface area contributed by atoms with Gasteiger partial charge in [-0.25, -0.2) is 19.9 Å². The highest BCUT2D eigenvalue weighted by molar-refractivity contribution is 6.32. The fourth-order valence-corrected chi connectivity index (χ4v) is 4.83. The maximum absolute atomic E-state index is 6.43.